The molecule has 0 spiro atoms. The lowest BCUT2D eigenvalue weighted by molar-refractivity contribution is -0.111. The molecule has 0 fully saturated rings. The summed E-state index contributed by atoms with van der Waals surface area (Å²) in [5.41, 5.74) is 0. The smallest absolute Gasteiger partial charge is 0.261 e. The second kappa shape index (κ2) is 4.60. The van der Waals surface area contributed by atoms with Crippen molar-refractivity contribution in [1.82, 2.24) is 0 Å². The first-order valence-corrected chi connectivity index (χ1v) is 3.61. The highest BCUT2D eigenvalue weighted by atomic mass is 35.5. The van der Waals surface area contributed by atoms with Gasteiger partial charge in [-0.1, -0.05) is 0 Å². The van der Waals surface area contributed by atoms with Gasteiger partial charge >= 0.3 is 0 Å². The summed E-state index contributed by atoms with van der Waals surface area (Å²) >= 11 is 9.64. The van der Waals surface area contributed by atoms with Gasteiger partial charge in [-0.05, 0) is 23.2 Å². The molecule has 0 aliphatic carbocycles. The van der Waals surface area contributed by atoms with Crippen LogP contribution < -0.4 is 0 Å². The molecular weight excluding hydrogens is 199 g/mol. The maximum absolute atomic E-state index is 10.2. The molecule has 0 amide bonds. The summed E-state index contributed by atoms with van der Waals surface area (Å²) in [4.78, 5) is 20.0. The van der Waals surface area contributed by atoms with Crippen LogP contribution in [0.2, 0.25) is 0 Å². The van der Waals surface area contributed by atoms with Crippen LogP contribution in [0.3, 0.4) is 0 Å². The van der Waals surface area contributed by atoms with E-state index in [-0.39, 0.29) is 16.1 Å². The van der Waals surface area contributed by atoms with Crippen LogP contribution in [0.5, 0.6) is 0 Å². The summed E-state index contributed by atoms with van der Waals surface area (Å²) in [6, 6.07) is 0. The fourth-order valence-electron chi connectivity index (χ4n) is 0.258. The standard InChI is InChI=1S/C4H2Cl2O3S/c5-3(7)1-2(10-9)4(6)8/h1H2. The van der Waals surface area contributed by atoms with Crippen molar-refractivity contribution in [2.45, 2.75) is 6.42 Å². The van der Waals surface area contributed by atoms with Gasteiger partial charge in [-0.3, -0.25) is 9.59 Å². The van der Waals surface area contributed by atoms with Gasteiger partial charge in [0.1, 0.15) is 4.86 Å². The molecule has 0 unspecified atom stereocenters. The van der Waals surface area contributed by atoms with Crippen LogP contribution in [0, 0.1) is 0 Å². The minimum atomic E-state index is -0.922. The predicted molar refractivity (Wildman–Crippen MR) is 39.5 cm³/mol. The highest BCUT2D eigenvalue weighted by molar-refractivity contribution is 7.69. The molecule has 0 radical (unpaired) electrons. The second-order valence-corrected chi connectivity index (χ2v) is 2.74. The molecule has 0 aliphatic heterocycles. The Kier molecular flexibility index (Phi) is 4.51. The maximum Gasteiger partial charge on any atom is 0.261 e. The number of carbonyl (C=O) groups excluding carboxylic acids is 2. The molecule has 0 atom stereocenters. The maximum atomic E-state index is 10.2. The van der Waals surface area contributed by atoms with E-state index in [1.54, 1.807) is 0 Å². The summed E-state index contributed by atoms with van der Waals surface area (Å²) in [5, 5.41) is -1.69. The van der Waals surface area contributed by atoms with Gasteiger partial charge in [0.25, 0.3) is 5.24 Å². The number of halogens is 2. The van der Waals surface area contributed by atoms with Crippen LogP contribution in [0.25, 0.3) is 0 Å². The molecule has 0 heterocycles. The molecule has 10 heavy (non-hydrogen) atoms. The Labute approximate surface area is 70.4 Å². The molecule has 0 bridgehead atoms. The van der Waals surface area contributed by atoms with Crippen molar-refractivity contribution in [3.63, 3.8) is 0 Å². The first-order chi connectivity index (χ1) is 4.57. The van der Waals surface area contributed by atoms with Crippen LogP contribution in [-0.4, -0.2) is 19.6 Å². The molecule has 0 aromatic heterocycles. The van der Waals surface area contributed by atoms with Gasteiger partial charge in [-0.2, -0.15) is 0 Å². The molecule has 0 saturated carbocycles. The number of carbonyl (C=O) groups is 2. The van der Waals surface area contributed by atoms with Gasteiger partial charge in [0, 0.05) is 0 Å². The molecule has 0 aliphatic rings. The van der Waals surface area contributed by atoms with Crippen LogP contribution in [-0.2, 0) is 20.8 Å². The normalized spacial score (nSPS) is 8.60. The Hall–Kier alpha value is -0.190. The average molecular weight is 201 g/mol. The largest absolute Gasteiger partial charge is 0.281 e. The topological polar surface area (TPSA) is 51.2 Å². The Morgan fingerprint density at radius 2 is 1.80 bits per heavy atom. The van der Waals surface area contributed by atoms with E-state index >= 15 is 0 Å². The Balaban J connectivity index is 4.27. The summed E-state index contributed by atoms with van der Waals surface area (Å²) in [5.74, 6) is 0. The third-order valence-corrected chi connectivity index (χ3v) is 1.62. The van der Waals surface area contributed by atoms with Crippen molar-refractivity contribution in [3.05, 3.63) is 0 Å². The van der Waals surface area contributed by atoms with E-state index in [2.05, 4.69) is 0 Å². The Bertz CT molecular complexity index is 219. The van der Waals surface area contributed by atoms with Gasteiger partial charge in [-0.15, -0.1) is 0 Å². The summed E-state index contributed by atoms with van der Waals surface area (Å²) < 4.78 is 9.97. The zero-order chi connectivity index (χ0) is 8.15. The van der Waals surface area contributed by atoms with E-state index in [1.165, 1.54) is 0 Å². The molecule has 0 N–H and O–H groups in total. The molecule has 6 heteroatoms. The molecule has 0 saturated heterocycles. The van der Waals surface area contributed by atoms with Crippen molar-refractivity contribution in [2.24, 2.45) is 0 Å². The monoisotopic (exact) mass is 200 g/mol. The minimum absolute atomic E-state index is 0.114. The molecule has 3 nitrogen and oxygen atoms in total. The fourth-order valence-corrected chi connectivity index (χ4v) is 0.888. The van der Waals surface area contributed by atoms with Gasteiger partial charge < -0.3 is 0 Å². The SMILES string of the molecule is O=S=C(CC(=O)Cl)C(=O)Cl. The zero-order valence-corrected chi connectivity index (χ0v) is 6.92. The van der Waals surface area contributed by atoms with Crippen LogP contribution >= 0.6 is 23.2 Å². The van der Waals surface area contributed by atoms with E-state index in [4.69, 9.17) is 23.2 Å². The lowest BCUT2D eigenvalue weighted by Crippen LogP contribution is -2.10. The Morgan fingerprint density at radius 3 is 1.90 bits per heavy atom. The molecule has 0 rings (SSSR count). The van der Waals surface area contributed by atoms with Crippen molar-refractivity contribution in [1.29, 1.82) is 0 Å². The molecule has 56 valence electrons. The first-order valence-electron chi connectivity index (χ1n) is 2.11. The molecular formula is C4H2Cl2O3S. The van der Waals surface area contributed by atoms with Crippen molar-refractivity contribution >= 4 is 49.8 Å². The summed E-state index contributed by atoms with van der Waals surface area (Å²) in [6.07, 6.45) is -0.391. The van der Waals surface area contributed by atoms with Crippen LogP contribution in [0.15, 0.2) is 0 Å². The average Bonchev–Trinajstić information content (AvgIpc) is 1.81. The Morgan fingerprint density at radius 1 is 1.30 bits per heavy atom. The molecule has 0 aromatic rings. The first kappa shape index (κ1) is 9.81. The van der Waals surface area contributed by atoms with E-state index < -0.39 is 16.9 Å². The lowest BCUT2D eigenvalue weighted by Gasteiger charge is -1.87. The van der Waals surface area contributed by atoms with Gasteiger partial charge in [0.15, 0.2) is 0 Å². The van der Waals surface area contributed by atoms with Crippen molar-refractivity contribution in [3.8, 4) is 0 Å². The lowest BCUT2D eigenvalue weighted by atomic mass is 10.3. The predicted octanol–water partition coefficient (Wildman–Crippen LogP) is 0.293. The summed E-state index contributed by atoms with van der Waals surface area (Å²) in [6.45, 7) is 0. The number of hydrogen-bond donors (Lipinski definition) is 0. The van der Waals surface area contributed by atoms with E-state index in [1.807, 2.05) is 0 Å². The van der Waals surface area contributed by atoms with Gasteiger partial charge in [-0.25, -0.2) is 4.21 Å². The fraction of sp³-hybridized carbons (Fsp3) is 0.250. The highest BCUT2D eigenvalue weighted by Gasteiger charge is 2.10. The van der Waals surface area contributed by atoms with Crippen LogP contribution in [0.1, 0.15) is 6.42 Å². The molecule has 0 aromatic carbocycles. The quantitative estimate of drug-likeness (QED) is 0.487. The number of rotatable bonds is 3. The van der Waals surface area contributed by atoms with E-state index in [9.17, 15) is 13.8 Å². The third kappa shape index (κ3) is 3.76. The van der Waals surface area contributed by atoms with Crippen LogP contribution in [0.4, 0.5) is 0 Å². The van der Waals surface area contributed by atoms with Gasteiger partial charge in [0.05, 0.1) is 17.7 Å². The highest BCUT2D eigenvalue weighted by Crippen LogP contribution is 1.94. The van der Waals surface area contributed by atoms with Crippen molar-refractivity contribution in [2.75, 3.05) is 0 Å². The second-order valence-electron chi connectivity index (χ2n) is 1.31. The van der Waals surface area contributed by atoms with E-state index in [0.29, 0.717) is 0 Å². The van der Waals surface area contributed by atoms with E-state index in [0.717, 1.165) is 0 Å². The van der Waals surface area contributed by atoms with Crippen molar-refractivity contribution < 1.29 is 13.8 Å². The third-order valence-electron chi connectivity index (χ3n) is 0.619. The minimum Gasteiger partial charge on any atom is -0.281 e. The summed E-state index contributed by atoms with van der Waals surface area (Å²) in [7, 11) is 0. The zero-order valence-electron chi connectivity index (χ0n) is 4.60. The number of hydrogen-bond acceptors (Lipinski definition) is 3. The van der Waals surface area contributed by atoms with Gasteiger partial charge in [0.2, 0.25) is 5.24 Å².